The summed E-state index contributed by atoms with van der Waals surface area (Å²) in [4.78, 5) is 38.5. The molecule has 0 aliphatic carbocycles. The number of carbonyl (C=O) groups excluding carboxylic acids is 3. The van der Waals surface area contributed by atoms with E-state index in [0.717, 1.165) is 103 Å². The molecule has 0 radical (unpaired) electrons. The molecule has 0 N–H and O–H groups in total. The predicted octanol–water partition coefficient (Wildman–Crippen LogP) is 24.6. The molecule has 1 atom stereocenters. The van der Waals surface area contributed by atoms with Crippen LogP contribution < -0.4 is 0 Å². The summed E-state index contributed by atoms with van der Waals surface area (Å²) >= 11 is 0. The van der Waals surface area contributed by atoms with Crippen molar-refractivity contribution in [2.45, 2.75) is 348 Å². The van der Waals surface area contributed by atoms with E-state index >= 15 is 0 Å². The average Bonchev–Trinajstić information content (AvgIpc) is 3.50. The Labute approximate surface area is 514 Å². The van der Waals surface area contributed by atoms with Gasteiger partial charge in [0.15, 0.2) is 6.10 Å². The molecule has 0 bridgehead atoms. The summed E-state index contributed by atoms with van der Waals surface area (Å²) in [5.74, 6) is -0.928. The van der Waals surface area contributed by atoms with Crippen LogP contribution in [-0.4, -0.2) is 37.2 Å². The lowest BCUT2D eigenvalue weighted by Gasteiger charge is -2.18. The van der Waals surface area contributed by atoms with Crippen molar-refractivity contribution in [1.82, 2.24) is 0 Å². The third kappa shape index (κ3) is 68.7. The molecular weight excluding hydrogens is 1020 g/mol. The van der Waals surface area contributed by atoms with Crippen molar-refractivity contribution in [2.75, 3.05) is 13.2 Å². The van der Waals surface area contributed by atoms with Crippen LogP contribution in [0, 0.1) is 0 Å². The number of esters is 3. The van der Waals surface area contributed by atoms with Crippen LogP contribution in [0.5, 0.6) is 0 Å². The van der Waals surface area contributed by atoms with Crippen molar-refractivity contribution in [1.29, 1.82) is 0 Å². The van der Waals surface area contributed by atoms with Crippen LogP contribution in [0.15, 0.2) is 109 Å². The predicted molar refractivity (Wildman–Crippen MR) is 362 cm³/mol. The summed E-state index contributed by atoms with van der Waals surface area (Å²) in [5.41, 5.74) is 0. The van der Waals surface area contributed by atoms with Gasteiger partial charge in [0.25, 0.3) is 0 Å². The van der Waals surface area contributed by atoms with E-state index in [0.29, 0.717) is 19.3 Å². The molecule has 0 aromatic heterocycles. The standard InChI is InChI=1S/C77H132O6/c1-4-7-10-13-16-19-22-25-28-31-34-36-37-38-39-41-43-46-49-52-55-58-61-64-67-70-76(79)82-73-74(72-81-75(78)69-66-63-60-57-54-51-48-45-42-33-30-27-24-21-18-15-12-9-6-3)83-77(80)71-68-65-62-59-56-53-50-47-44-40-35-32-29-26-23-20-17-14-11-8-5-2/h8,11,17,20,22,25-26,29,31,34-35,37-38,40,47,50,56,59,74H,4-7,9-10,12-16,18-19,21,23-24,27-28,30,32-33,36,39,41-46,48-49,51-55,57-58,60-73H2,1-3H3/b11-8-,20-17-,25-22-,29-26-,34-31-,38-37-,40-35-,50-47-,59-56-. The Morgan fingerprint density at radius 1 is 0.253 bits per heavy atom. The van der Waals surface area contributed by atoms with Gasteiger partial charge in [-0.1, -0.05) is 323 Å². The van der Waals surface area contributed by atoms with Crippen molar-refractivity contribution in [3.63, 3.8) is 0 Å². The van der Waals surface area contributed by atoms with Crippen molar-refractivity contribution < 1.29 is 28.6 Å². The fourth-order valence-electron chi connectivity index (χ4n) is 9.99. The van der Waals surface area contributed by atoms with E-state index in [1.54, 1.807) is 0 Å². The molecule has 0 aromatic rings. The first kappa shape index (κ1) is 79.1. The van der Waals surface area contributed by atoms with Gasteiger partial charge in [0.05, 0.1) is 0 Å². The molecule has 476 valence electrons. The Hall–Kier alpha value is -3.93. The minimum Gasteiger partial charge on any atom is -0.462 e. The SMILES string of the molecule is CC/C=C\C/C=C\C/C=C\C/C=C\C/C=C\C/C=C\CCCCC(=O)OC(COC(=O)CCCCCCCCCCCC/C=C\C/C=C\C/C=C\CCCCCCC)COC(=O)CCCCCCCCCCCCCCCCCCCCC. The second-order valence-electron chi connectivity index (χ2n) is 23.4. The largest absolute Gasteiger partial charge is 0.462 e. The minimum atomic E-state index is -0.806. The van der Waals surface area contributed by atoms with Gasteiger partial charge in [0.1, 0.15) is 13.2 Å². The van der Waals surface area contributed by atoms with Gasteiger partial charge in [-0.15, -0.1) is 0 Å². The van der Waals surface area contributed by atoms with Crippen molar-refractivity contribution in [3.05, 3.63) is 109 Å². The summed E-state index contributed by atoms with van der Waals surface area (Å²) in [6.45, 7) is 6.52. The minimum absolute atomic E-state index is 0.0950. The first-order chi connectivity index (χ1) is 41.0. The van der Waals surface area contributed by atoms with E-state index < -0.39 is 6.10 Å². The van der Waals surface area contributed by atoms with E-state index in [1.807, 2.05) is 0 Å². The van der Waals surface area contributed by atoms with Crippen molar-refractivity contribution in [3.8, 4) is 0 Å². The van der Waals surface area contributed by atoms with Gasteiger partial charge >= 0.3 is 17.9 Å². The zero-order valence-electron chi connectivity index (χ0n) is 54.7. The first-order valence-electron chi connectivity index (χ1n) is 35.4. The summed E-state index contributed by atoms with van der Waals surface area (Å²) in [7, 11) is 0. The number of hydrogen-bond donors (Lipinski definition) is 0. The van der Waals surface area contributed by atoms with E-state index in [4.69, 9.17) is 14.2 Å². The molecule has 0 rings (SSSR count). The molecule has 0 aliphatic heterocycles. The third-order valence-corrected chi connectivity index (χ3v) is 15.3. The third-order valence-electron chi connectivity index (χ3n) is 15.3. The lowest BCUT2D eigenvalue weighted by Crippen LogP contribution is -2.30. The maximum atomic E-state index is 12.9. The van der Waals surface area contributed by atoms with Gasteiger partial charge in [-0.25, -0.2) is 0 Å². The van der Waals surface area contributed by atoms with Crippen molar-refractivity contribution >= 4 is 17.9 Å². The normalized spacial score (nSPS) is 12.8. The number of ether oxygens (including phenoxy) is 3. The van der Waals surface area contributed by atoms with E-state index in [2.05, 4.69) is 130 Å². The van der Waals surface area contributed by atoms with Gasteiger partial charge in [-0.3, -0.25) is 14.4 Å². The molecule has 0 saturated carbocycles. The van der Waals surface area contributed by atoms with Gasteiger partial charge in [-0.2, -0.15) is 0 Å². The quantitative estimate of drug-likeness (QED) is 0.0261. The summed E-state index contributed by atoms with van der Waals surface area (Å²) in [6, 6.07) is 0. The number of unbranched alkanes of at least 4 members (excludes halogenated alkanes) is 35. The summed E-state index contributed by atoms with van der Waals surface area (Å²) in [6.07, 6.45) is 96.8. The van der Waals surface area contributed by atoms with Crippen LogP contribution in [-0.2, 0) is 28.6 Å². The zero-order chi connectivity index (χ0) is 59.9. The van der Waals surface area contributed by atoms with E-state index in [1.165, 1.54) is 193 Å². The molecule has 0 saturated heterocycles. The molecule has 0 amide bonds. The Morgan fingerprint density at radius 2 is 0.470 bits per heavy atom. The fraction of sp³-hybridized carbons (Fsp3) is 0.727. The number of carbonyl (C=O) groups is 3. The number of allylic oxidation sites excluding steroid dienone is 18. The smallest absolute Gasteiger partial charge is 0.306 e. The lowest BCUT2D eigenvalue weighted by atomic mass is 10.0. The molecule has 0 aliphatic rings. The second-order valence-corrected chi connectivity index (χ2v) is 23.4. The van der Waals surface area contributed by atoms with Crippen LogP contribution in [0.4, 0.5) is 0 Å². The van der Waals surface area contributed by atoms with Crippen molar-refractivity contribution in [2.24, 2.45) is 0 Å². The molecular formula is C77H132O6. The molecule has 0 fully saturated rings. The molecule has 6 nitrogen and oxygen atoms in total. The monoisotopic (exact) mass is 1150 g/mol. The first-order valence-corrected chi connectivity index (χ1v) is 35.4. The Bertz CT molecular complexity index is 1660. The maximum Gasteiger partial charge on any atom is 0.306 e. The number of hydrogen-bond acceptors (Lipinski definition) is 6. The van der Waals surface area contributed by atoms with Crippen LogP contribution in [0.2, 0.25) is 0 Å². The van der Waals surface area contributed by atoms with Gasteiger partial charge in [0.2, 0.25) is 0 Å². The highest BCUT2D eigenvalue weighted by molar-refractivity contribution is 5.71. The highest BCUT2D eigenvalue weighted by atomic mass is 16.6. The summed E-state index contributed by atoms with van der Waals surface area (Å²) < 4.78 is 17.0. The topological polar surface area (TPSA) is 78.9 Å². The Balaban J connectivity index is 4.44. The van der Waals surface area contributed by atoms with Crippen LogP contribution >= 0.6 is 0 Å². The summed E-state index contributed by atoms with van der Waals surface area (Å²) in [5, 5.41) is 0. The molecule has 0 spiro atoms. The lowest BCUT2D eigenvalue weighted by molar-refractivity contribution is -0.167. The maximum absolute atomic E-state index is 12.9. The Kier molecular flexibility index (Phi) is 67.2. The highest BCUT2D eigenvalue weighted by Crippen LogP contribution is 2.17. The van der Waals surface area contributed by atoms with Gasteiger partial charge in [0, 0.05) is 19.3 Å². The van der Waals surface area contributed by atoms with Gasteiger partial charge in [-0.05, 0) is 109 Å². The van der Waals surface area contributed by atoms with Crippen LogP contribution in [0.25, 0.3) is 0 Å². The second kappa shape index (κ2) is 70.6. The van der Waals surface area contributed by atoms with Gasteiger partial charge < -0.3 is 14.2 Å². The molecule has 6 heteroatoms. The fourth-order valence-corrected chi connectivity index (χ4v) is 9.99. The molecule has 83 heavy (non-hydrogen) atoms. The van der Waals surface area contributed by atoms with Crippen LogP contribution in [0.3, 0.4) is 0 Å². The van der Waals surface area contributed by atoms with Crippen LogP contribution in [0.1, 0.15) is 342 Å². The molecule has 0 heterocycles. The Morgan fingerprint density at radius 3 is 0.759 bits per heavy atom. The van der Waals surface area contributed by atoms with E-state index in [9.17, 15) is 14.4 Å². The highest BCUT2D eigenvalue weighted by Gasteiger charge is 2.19. The van der Waals surface area contributed by atoms with E-state index in [-0.39, 0.29) is 37.5 Å². The average molecular weight is 1150 g/mol. The molecule has 1 unspecified atom stereocenters. The zero-order valence-corrected chi connectivity index (χ0v) is 54.7. The number of rotatable bonds is 64. The molecule has 0 aromatic carbocycles.